The van der Waals surface area contributed by atoms with E-state index in [1.165, 1.54) is 50.5 Å². The topological polar surface area (TPSA) is 20.2 Å². The highest BCUT2D eigenvalue weighted by Gasteiger charge is 2.56. The van der Waals surface area contributed by atoms with Gasteiger partial charge < -0.3 is 5.11 Å². The molecule has 0 aliphatic heterocycles. The normalized spacial score (nSPS) is 43.1. The molecule has 1 N–H and O–H groups in total. The maximum Gasteiger partial charge on any atom is 0.0959 e. The van der Waals surface area contributed by atoms with Crippen LogP contribution in [-0.2, 0) is 0 Å². The maximum atomic E-state index is 14.1. The fourth-order valence-electron chi connectivity index (χ4n) is 8.52. The highest BCUT2D eigenvalue weighted by molar-refractivity contribution is 5.29. The molecule has 4 rings (SSSR count). The van der Waals surface area contributed by atoms with Crippen LogP contribution in [0, 0.1) is 46.8 Å². The van der Waals surface area contributed by atoms with E-state index in [4.69, 9.17) is 0 Å². The monoisotopic (exact) mass is 404 g/mol. The first-order valence-electron chi connectivity index (χ1n) is 12.8. The van der Waals surface area contributed by atoms with E-state index >= 15 is 0 Å². The summed E-state index contributed by atoms with van der Waals surface area (Å²) in [5.74, 6) is 4.83. The van der Waals surface area contributed by atoms with Crippen LogP contribution in [-0.4, -0.2) is 17.9 Å². The standard InChI is InChI=1S/C27H45FO/c1-17(2)6-5-7-18(3)25-10-11-26-24-14-19(16-28)23-15-20(29)8-9-21(23)22(24)12-13-27(25,26)4/h17-20,22,24-26,29H,5-16H2,1-4H3/t18-,19+,20+,22-,24-,25-,26+,27-/m1/s1. The van der Waals surface area contributed by atoms with Crippen LogP contribution in [0.5, 0.6) is 0 Å². The fraction of sp³-hybridized carbons (Fsp3) is 0.926. The van der Waals surface area contributed by atoms with Crippen LogP contribution in [0.4, 0.5) is 4.39 Å². The summed E-state index contributed by atoms with van der Waals surface area (Å²) in [5.41, 5.74) is 3.42. The Labute approximate surface area is 178 Å². The summed E-state index contributed by atoms with van der Waals surface area (Å²) in [7, 11) is 0. The van der Waals surface area contributed by atoms with Crippen molar-refractivity contribution in [2.24, 2.45) is 46.8 Å². The Morgan fingerprint density at radius 1 is 1.07 bits per heavy atom. The molecule has 0 saturated heterocycles. The maximum absolute atomic E-state index is 14.1. The third-order valence-electron chi connectivity index (χ3n) is 9.94. The average molecular weight is 405 g/mol. The van der Waals surface area contributed by atoms with Gasteiger partial charge in [-0.05, 0) is 92.3 Å². The predicted octanol–water partition coefficient (Wildman–Crippen LogP) is 7.34. The third-order valence-corrected chi connectivity index (χ3v) is 9.94. The Hall–Kier alpha value is -0.370. The van der Waals surface area contributed by atoms with Crippen LogP contribution in [0.2, 0.25) is 0 Å². The van der Waals surface area contributed by atoms with Gasteiger partial charge in [0.2, 0.25) is 0 Å². The van der Waals surface area contributed by atoms with E-state index in [0.29, 0.717) is 17.3 Å². The molecule has 2 saturated carbocycles. The highest BCUT2D eigenvalue weighted by atomic mass is 19.1. The number of halogens is 1. The molecule has 8 atom stereocenters. The van der Waals surface area contributed by atoms with Gasteiger partial charge in [0.15, 0.2) is 0 Å². The Balaban J connectivity index is 1.51. The Morgan fingerprint density at radius 2 is 1.86 bits per heavy atom. The number of rotatable bonds is 6. The van der Waals surface area contributed by atoms with Gasteiger partial charge in [0.05, 0.1) is 12.8 Å². The van der Waals surface area contributed by atoms with Crippen molar-refractivity contribution >= 4 is 0 Å². The van der Waals surface area contributed by atoms with Crippen LogP contribution in [0.25, 0.3) is 0 Å². The van der Waals surface area contributed by atoms with Gasteiger partial charge in [-0.2, -0.15) is 0 Å². The van der Waals surface area contributed by atoms with Crippen molar-refractivity contribution in [2.45, 2.75) is 104 Å². The van der Waals surface area contributed by atoms with Gasteiger partial charge in [-0.3, -0.25) is 4.39 Å². The van der Waals surface area contributed by atoms with Crippen molar-refractivity contribution in [1.82, 2.24) is 0 Å². The summed E-state index contributed by atoms with van der Waals surface area (Å²) in [6.07, 6.45) is 13.1. The molecule has 0 spiro atoms. The Kier molecular flexibility index (Phi) is 6.51. The van der Waals surface area contributed by atoms with E-state index in [9.17, 15) is 9.50 Å². The zero-order valence-electron chi connectivity index (χ0n) is 19.4. The molecule has 29 heavy (non-hydrogen) atoms. The van der Waals surface area contributed by atoms with E-state index in [1.54, 1.807) is 5.57 Å². The lowest BCUT2D eigenvalue weighted by Crippen LogP contribution is -2.46. The first-order valence-corrected chi connectivity index (χ1v) is 12.8. The number of allylic oxidation sites excluding steroid dienone is 1. The van der Waals surface area contributed by atoms with Crippen molar-refractivity contribution in [3.05, 3.63) is 11.1 Å². The number of alkyl halides is 1. The molecule has 0 unspecified atom stereocenters. The minimum Gasteiger partial charge on any atom is -0.393 e. The second-order valence-electron chi connectivity index (χ2n) is 11.9. The lowest BCUT2D eigenvalue weighted by molar-refractivity contribution is -0.0137. The summed E-state index contributed by atoms with van der Waals surface area (Å²) >= 11 is 0. The van der Waals surface area contributed by atoms with Crippen LogP contribution < -0.4 is 0 Å². The largest absolute Gasteiger partial charge is 0.393 e. The van der Waals surface area contributed by atoms with Gasteiger partial charge in [0.25, 0.3) is 0 Å². The van der Waals surface area contributed by atoms with E-state index < -0.39 is 0 Å². The number of fused-ring (bicyclic) bond motifs is 4. The number of aliphatic hydroxyl groups is 1. The van der Waals surface area contributed by atoms with Crippen LogP contribution in [0.3, 0.4) is 0 Å². The fourth-order valence-corrected chi connectivity index (χ4v) is 8.52. The molecule has 0 heterocycles. The van der Waals surface area contributed by atoms with Gasteiger partial charge in [-0.25, -0.2) is 0 Å². The Bertz CT molecular complexity index is 610. The van der Waals surface area contributed by atoms with Gasteiger partial charge >= 0.3 is 0 Å². The van der Waals surface area contributed by atoms with Crippen molar-refractivity contribution in [3.63, 3.8) is 0 Å². The van der Waals surface area contributed by atoms with Gasteiger partial charge in [-0.15, -0.1) is 0 Å². The molecule has 166 valence electrons. The zero-order valence-corrected chi connectivity index (χ0v) is 19.4. The molecule has 0 radical (unpaired) electrons. The first kappa shape index (κ1) is 21.8. The molecule has 2 heteroatoms. The molecule has 0 bridgehead atoms. The van der Waals surface area contributed by atoms with E-state index in [-0.39, 0.29) is 18.7 Å². The van der Waals surface area contributed by atoms with E-state index in [0.717, 1.165) is 49.4 Å². The summed E-state index contributed by atoms with van der Waals surface area (Å²) in [6.45, 7) is 9.61. The summed E-state index contributed by atoms with van der Waals surface area (Å²) in [6, 6.07) is 0. The molecule has 4 aliphatic carbocycles. The molecule has 4 aliphatic rings. The summed E-state index contributed by atoms with van der Waals surface area (Å²) in [5, 5.41) is 10.2. The molecule has 0 aromatic heterocycles. The molecule has 0 aromatic carbocycles. The van der Waals surface area contributed by atoms with Crippen molar-refractivity contribution in [2.75, 3.05) is 6.67 Å². The first-order chi connectivity index (χ1) is 13.8. The number of hydrogen-bond acceptors (Lipinski definition) is 1. The minimum absolute atomic E-state index is 0.103. The lowest BCUT2D eigenvalue weighted by atomic mass is 9.51. The smallest absolute Gasteiger partial charge is 0.0959 e. The second-order valence-corrected chi connectivity index (χ2v) is 11.9. The molecular formula is C27H45FO. The van der Waals surface area contributed by atoms with Gasteiger partial charge in [0, 0.05) is 5.92 Å². The lowest BCUT2D eigenvalue weighted by Gasteiger charge is -2.54. The molecular weight excluding hydrogens is 359 g/mol. The van der Waals surface area contributed by atoms with Gasteiger partial charge in [0.1, 0.15) is 0 Å². The molecule has 0 amide bonds. The second kappa shape index (κ2) is 8.64. The van der Waals surface area contributed by atoms with Crippen molar-refractivity contribution in [3.8, 4) is 0 Å². The van der Waals surface area contributed by atoms with Crippen molar-refractivity contribution in [1.29, 1.82) is 0 Å². The average Bonchev–Trinajstić information content (AvgIpc) is 3.04. The number of aliphatic hydroxyl groups excluding tert-OH is 1. The molecule has 2 fully saturated rings. The van der Waals surface area contributed by atoms with E-state index in [2.05, 4.69) is 27.7 Å². The van der Waals surface area contributed by atoms with Gasteiger partial charge in [-0.1, -0.05) is 58.1 Å². The predicted molar refractivity (Wildman–Crippen MR) is 119 cm³/mol. The highest BCUT2D eigenvalue weighted by Crippen LogP contribution is 2.65. The quantitative estimate of drug-likeness (QED) is 0.459. The third kappa shape index (κ3) is 3.97. The number of hydrogen-bond donors (Lipinski definition) is 1. The molecule has 1 nitrogen and oxygen atoms in total. The van der Waals surface area contributed by atoms with Crippen LogP contribution >= 0.6 is 0 Å². The van der Waals surface area contributed by atoms with Crippen LogP contribution in [0.15, 0.2) is 11.1 Å². The van der Waals surface area contributed by atoms with Crippen molar-refractivity contribution < 1.29 is 9.50 Å². The molecule has 0 aromatic rings. The summed E-state index contributed by atoms with van der Waals surface area (Å²) in [4.78, 5) is 0. The van der Waals surface area contributed by atoms with Crippen LogP contribution in [0.1, 0.15) is 98.3 Å². The minimum atomic E-state index is -0.226. The Morgan fingerprint density at radius 3 is 2.59 bits per heavy atom. The van der Waals surface area contributed by atoms with E-state index in [1.807, 2.05) is 0 Å². The SMILES string of the molecule is CC(C)CCC[C@@H](C)[C@H]1CC[C@H]2[C@@H]3C[C@@H](CF)C4=C(CC[C@H](O)C4)[C@H]3CC[C@]12C. The summed E-state index contributed by atoms with van der Waals surface area (Å²) < 4.78 is 14.1. The zero-order chi connectivity index (χ0) is 20.8.